The van der Waals surface area contributed by atoms with Crippen LogP contribution in [-0.4, -0.2) is 76.1 Å². The third-order valence-corrected chi connectivity index (χ3v) is 12.8. The SMILES string of the molecule is COc1cc(-c2ccccc2C(=O)Nc2ccccc2-c2ccc(CC(=O)O)s2)cc(OC)c1OC.O=C(O)Cc1ccc(-c2ccccc2NC(=O)c2ccccc2-c2cc(O)c(O)c(O)c2)s1.[Li+].[OH-]. The van der Waals surface area contributed by atoms with Crippen LogP contribution >= 0.6 is 22.7 Å². The smallest absolute Gasteiger partial charge is 0.870 e. The van der Waals surface area contributed by atoms with Gasteiger partial charge < -0.3 is 55.9 Å². The first-order valence-corrected chi connectivity index (χ1v) is 22.6. The van der Waals surface area contributed by atoms with Gasteiger partial charge in [0.15, 0.2) is 28.7 Å². The average Bonchev–Trinajstić information content (AvgIpc) is 4.02. The second-order valence-corrected chi connectivity index (χ2v) is 17.4. The summed E-state index contributed by atoms with van der Waals surface area (Å²) in [6, 6.07) is 42.0. The van der Waals surface area contributed by atoms with Gasteiger partial charge in [-0.15, -0.1) is 22.7 Å². The Bertz CT molecular complexity index is 3160. The van der Waals surface area contributed by atoms with E-state index < -0.39 is 35.1 Å². The molecule has 0 fully saturated rings. The first-order chi connectivity index (χ1) is 33.3. The van der Waals surface area contributed by atoms with Gasteiger partial charge in [0.2, 0.25) is 5.75 Å². The number of amides is 2. The first-order valence-electron chi connectivity index (χ1n) is 20.9. The van der Waals surface area contributed by atoms with Crippen molar-refractivity contribution in [2.75, 3.05) is 32.0 Å². The molecular formula is C53H45LiN2O13S2. The molecule has 2 amide bonds. The van der Waals surface area contributed by atoms with Gasteiger partial charge in [-0.05, 0) is 95.1 Å². The largest absolute Gasteiger partial charge is 1.00 e. The molecule has 0 atom stereocenters. The number of aromatic hydroxyl groups is 3. The fourth-order valence-electron chi connectivity index (χ4n) is 7.39. The number of phenols is 3. The minimum absolute atomic E-state index is 0. The zero-order chi connectivity index (χ0) is 49.2. The van der Waals surface area contributed by atoms with Gasteiger partial charge in [0, 0.05) is 53.1 Å². The Morgan fingerprint density at radius 1 is 0.493 bits per heavy atom. The van der Waals surface area contributed by atoms with E-state index in [1.54, 1.807) is 87.0 Å². The summed E-state index contributed by atoms with van der Waals surface area (Å²) in [7, 11) is 4.63. The average molecular weight is 989 g/mol. The van der Waals surface area contributed by atoms with E-state index >= 15 is 0 Å². The second-order valence-electron chi connectivity index (χ2n) is 15.0. The summed E-state index contributed by atoms with van der Waals surface area (Å²) in [5, 5.41) is 53.4. The topological polar surface area (TPSA) is 251 Å². The van der Waals surface area contributed by atoms with E-state index in [1.807, 2.05) is 60.7 Å². The second kappa shape index (κ2) is 24.5. The Morgan fingerprint density at radius 3 is 1.24 bits per heavy atom. The third kappa shape index (κ3) is 12.8. The van der Waals surface area contributed by atoms with E-state index in [0.29, 0.717) is 61.3 Å². The zero-order valence-electron chi connectivity index (χ0n) is 38.6. The molecule has 0 radical (unpaired) electrons. The number of nitrogens with one attached hydrogen (secondary N) is 2. The van der Waals surface area contributed by atoms with Gasteiger partial charge in [-0.2, -0.15) is 0 Å². The van der Waals surface area contributed by atoms with Gasteiger partial charge in [0.25, 0.3) is 11.8 Å². The molecule has 15 nitrogen and oxygen atoms in total. The van der Waals surface area contributed by atoms with E-state index in [4.69, 9.17) is 24.4 Å². The number of aliphatic carboxylic acids is 2. The molecule has 0 aliphatic heterocycles. The fourth-order valence-corrected chi connectivity index (χ4v) is 9.47. The van der Waals surface area contributed by atoms with Gasteiger partial charge >= 0.3 is 30.8 Å². The minimum Gasteiger partial charge on any atom is -0.870 e. The van der Waals surface area contributed by atoms with Crippen LogP contribution in [0, 0.1) is 0 Å². The van der Waals surface area contributed by atoms with E-state index in [0.717, 1.165) is 31.3 Å². The summed E-state index contributed by atoms with van der Waals surface area (Å²) in [6.45, 7) is 0. The Morgan fingerprint density at radius 2 is 0.859 bits per heavy atom. The Balaban J connectivity index is 0.000000258. The van der Waals surface area contributed by atoms with Gasteiger partial charge in [0.1, 0.15) is 0 Å². The van der Waals surface area contributed by atoms with Crippen LogP contribution in [0.5, 0.6) is 34.5 Å². The van der Waals surface area contributed by atoms with Gasteiger partial charge in [-0.1, -0.05) is 72.8 Å². The standard InChI is InChI=1S/C28H25NO6S.C25H19NO6S.Li.H2O/c1-33-23-14-17(15-24(34-2)27(23)35-3)19-8-4-5-9-20(19)28(32)29-22-11-7-6-10-21(22)25-13-12-18(36-25)16-26(30)31;27-20-11-14(12-21(28)24(20)31)16-5-1-2-6-17(16)25(32)26-19-8-4-3-7-18(19)22-10-9-15(33-22)13-23(29)30;;/h4-15H,16H2,1-3H3,(H,29,32)(H,30,31);1-12,27-28,31H,13H2,(H,26,32)(H,29,30);;1H2/q;;+1;/p-1. The van der Waals surface area contributed by atoms with Crippen LogP contribution < -0.4 is 43.7 Å². The number of carbonyl (C=O) groups is 4. The number of para-hydroxylation sites is 2. The molecule has 2 aromatic heterocycles. The summed E-state index contributed by atoms with van der Waals surface area (Å²) in [4.78, 5) is 51.9. The number of carbonyl (C=O) groups excluding carboxylic acids is 2. The van der Waals surface area contributed by atoms with Crippen LogP contribution in [0.4, 0.5) is 11.4 Å². The number of anilines is 2. The van der Waals surface area contributed by atoms with E-state index in [1.165, 1.54) is 41.9 Å². The van der Waals surface area contributed by atoms with Crippen LogP contribution in [0.25, 0.3) is 43.1 Å². The van der Waals surface area contributed by atoms with Crippen molar-refractivity contribution in [3.8, 4) is 77.6 Å². The maximum Gasteiger partial charge on any atom is 1.00 e. The van der Waals surface area contributed by atoms with E-state index in [2.05, 4.69) is 10.6 Å². The van der Waals surface area contributed by atoms with Crippen LogP contribution in [0.1, 0.15) is 30.5 Å². The van der Waals surface area contributed by atoms with E-state index in [-0.39, 0.29) is 43.1 Å². The molecule has 0 saturated heterocycles. The number of hydrogen-bond donors (Lipinski definition) is 7. The number of methoxy groups -OCH3 is 3. The first kappa shape index (κ1) is 53.9. The molecule has 8 aromatic rings. The Hall–Kier alpha value is -8.04. The summed E-state index contributed by atoms with van der Waals surface area (Å²) < 4.78 is 16.4. The Labute approximate surface area is 427 Å². The molecular weight excluding hydrogens is 944 g/mol. The van der Waals surface area contributed by atoms with Crippen molar-refractivity contribution < 1.29 is 83.3 Å². The molecule has 358 valence electrons. The number of carboxylic acid groups (broad SMARTS) is 2. The molecule has 0 aliphatic carbocycles. The van der Waals surface area contributed by atoms with Crippen molar-refractivity contribution in [1.82, 2.24) is 0 Å². The molecule has 0 bridgehead atoms. The predicted molar refractivity (Wildman–Crippen MR) is 268 cm³/mol. The van der Waals surface area contributed by atoms with Crippen molar-refractivity contribution in [2.24, 2.45) is 0 Å². The molecule has 2 heterocycles. The Kier molecular flexibility index (Phi) is 18.6. The molecule has 6 aromatic carbocycles. The number of hydrogen-bond acceptors (Lipinski definition) is 13. The number of rotatable bonds is 15. The van der Waals surface area contributed by atoms with Crippen LogP contribution in [0.15, 0.2) is 146 Å². The van der Waals surface area contributed by atoms with Crippen molar-refractivity contribution in [2.45, 2.75) is 12.8 Å². The molecule has 0 saturated carbocycles. The number of phenolic OH excluding ortho intramolecular Hbond substituents is 3. The predicted octanol–water partition coefficient (Wildman–Crippen LogP) is 7.89. The maximum absolute atomic E-state index is 13.5. The van der Waals surface area contributed by atoms with Crippen molar-refractivity contribution in [3.63, 3.8) is 0 Å². The summed E-state index contributed by atoms with van der Waals surface area (Å²) in [5.41, 5.74) is 5.78. The van der Waals surface area contributed by atoms with Crippen LogP contribution in [0.3, 0.4) is 0 Å². The molecule has 0 unspecified atom stereocenters. The summed E-state index contributed by atoms with van der Waals surface area (Å²) in [5.74, 6) is -2.67. The minimum atomic E-state index is -0.909. The maximum atomic E-state index is 13.5. The van der Waals surface area contributed by atoms with Gasteiger partial charge in [-0.25, -0.2) is 0 Å². The summed E-state index contributed by atoms with van der Waals surface area (Å²) >= 11 is 2.74. The van der Waals surface area contributed by atoms with Gasteiger partial charge in [-0.3, -0.25) is 19.2 Å². The van der Waals surface area contributed by atoms with Crippen molar-refractivity contribution in [1.29, 1.82) is 0 Å². The summed E-state index contributed by atoms with van der Waals surface area (Å²) in [6.07, 6.45) is -0.111. The van der Waals surface area contributed by atoms with E-state index in [9.17, 15) is 34.5 Å². The molecule has 8 N–H and O–H groups in total. The number of thiophene rings is 2. The van der Waals surface area contributed by atoms with Gasteiger partial charge in [0.05, 0.1) is 34.2 Å². The number of ether oxygens (including phenoxy) is 3. The number of carboxylic acids is 2. The molecule has 8 rings (SSSR count). The van der Waals surface area contributed by atoms with Crippen molar-refractivity contribution >= 4 is 57.8 Å². The quantitative estimate of drug-likeness (QED) is 0.0382. The van der Waals surface area contributed by atoms with Crippen LogP contribution in [-0.2, 0) is 22.4 Å². The fraction of sp³-hybridized carbons (Fsp3) is 0.0943. The molecule has 0 aliphatic rings. The van der Waals surface area contributed by atoms with Crippen LogP contribution in [0.2, 0.25) is 0 Å². The van der Waals surface area contributed by atoms with Crippen molar-refractivity contribution in [3.05, 3.63) is 166 Å². The molecule has 18 heteroatoms. The number of benzene rings is 6. The third-order valence-electron chi connectivity index (χ3n) is 10.6. The zero-order valence-corrected chi connectivity index (χ0v) is 40.3. The molecule has 71 heavy (non-hydrogen) atoms. The monoisotopic (exact) mass is 988 g/mol. The normalized spacial score (nSPS) is 10.3. The molecule has 0 spiro atoms.